The molecule has 6 nitrogen and oxygen atoms in total. The normalized spacial score (nSPS) is 10.7. The third kappa shape index (κ3) is 6.34. The zero-order chi connectivity index (χ0) is 26.4. The molecule has 0 aliphatic heterocycles. The number of hydrogen-bond acceptors (Lipinski definition) is 6. The molecule has 8 heteroatoms. The van der Waals surface area contributed by atoms with E-state index in [0.717, 1.165) is 5.56 Å². The Balaban J connectivity index is 1.48. The fraction of sp³-hybridized carbons (Fsp3) is 0.172. The van der Waals surface area contributed by atoms with Crippen LogP contribution in [-0.2, 0) is 17.6 Å². The minimum atomic E-state index is -0.569. The van der Waals surface area contributed by atoms with E-state index in [9.17, 15) is 14.0 Å². The number of thiocarbonyl (C=S) groups is 1. The summed E-state index contributed by atoms with van der Waals surface area (Å²) in [6, 6.07) is 18.9. The largest absolute Gasteiger partial charge is 0.496 e. The van der Waals surface area contributed by atoms with Gasteiger partial charge in [0.1, 0.15) is 17.3 Å². The molecule has 1 N–H and O–H groups in total. The van der Waals surface area contributed by atoms with Crippen LogP contribution in [0.4, 0.5) is 4.39 Å². The maximum absolute atomic E-state index is 15.0. The van der Waals surface area contributed by atoms with Crippen LogP contribution in [0, 0.1) is 5.82 Å². The minimum absolute atomic E-state index is 0.0135. The molecule has 0 saturated carbocycles. The monoisotopic (exact) mass is 516 g/mol. The first-order valence-corrected chi connectivity index (χ1v) is 12.0. The molecule has 1 amide bonds. The molecule has 1 heterocycles. The number of pyridine rings is 1. The lowest BCUT2D eigenvalue weighted by Gasteiger charge is -2.13. The number of benzene rings is 3. The standard InChI is InChI=1S/C29H25FN2O4S/c1-31-29(34)23-16-22-25(17-28(23)35-2)32-11-10-26(22)36-27-9-8-19(14-24(27)30)13-21(37)15-20(33)12-18-6-4-3-5-7-18/h3-11,14,16-17H,12-13,15H2,1-2H3,(H,31,34). The van der Waals surface area contributed by atoms with Gasteiger partial charge in [-0.05, 0) is 35.4 Å². The van der Waals surface area contributed by atoms with Crippen LogP contribution in [0.5, 0.6) is 17.2 Å². The molecule has 4 aromatic rings. The van der Waals surface area contributed by atoms with Gasteiger partial charge in [0.05, 0.1) is 18.2 Å². The number of ketones is 1. The molecule has 0 atom stereocenters. The smallest absolute Gasteiger partial charge is 0.254 e. The molecule has 0 bridgehead atoms. The summed E-state index contributed by atoms with van der Waals surface area (Å²) in [6.07, 6.45) is 2.31. The lowest BCUT2D eigenvalue weighted by molar-refractivity contribution is -0.117. The van der Waals surface area contributed by atoms with Gasteiger partial charge in [0.2, 0.25) is 0 Å². The summed E-state index contributed by atoms with van der Waals surface area (Å²) in [4.78, 5) is 29.5. The predicted molar refractivity (Wildman–Crippen MR) is 144 cm³/mol. The molecule has 0 aliphatic rings. The van der Waals surface area contributed by atoms with E-state index in [1.807, 2.05) is 30.3 Å². The Morgan fingerprint density at radius 1 is 0.946 bits per heavy atom. The molecular weight excluding hydrogens is 491 g/mol. The number of aromatic nitrogens is 1. The van der Waals surface area contributed by atoms with Crippen molar-refractivity contribution in [3.8, 4) is 17.2 Å². The predicted octanol–water partition coefficient (Wildman–Crippen LogP) is 5.65. The molecule has 1 aromatic heterocycles. The quantitative estimate of drug-likeness (QED) is 0.275. The second-order valence-electron chi connectivity index (χ2n) is 8.42. The topological polar surface area (TPSA) is 77.5 Å². The van der Waals surface area contributed by atoms with Crippen molar-refractivity contribution in [1.82, 2.24) is 10.3 Å². The van der Waals surface area contributed by atoms with Crippen molar-refractivity contribution in [3.05, 3.63) is 95.4 Å². The number of ether oxygens (including phenoxy) is 2. The number of carbonyl (C=O) groups is 2. The van der Waals surface area contributed by atoms with Crippen molar-refractivity contribution < 1.29 is 23.5 Å². The fourth-order valence-electron chi connectivity index (χ4n) is 3.97. The van der Waals surface area contributed by atoms with E-state index in [1.54, 1.807) is 24.3 Å². The van der Waals surface area contributed by atoms with Crippen LogP contribution < -0.4 is 14.8 Å². The van der Waals surface area contributed by atoms with Crippen molar-refractivity contribution in [2.45, 2.75) is 19.3 Å². The summed E-state index contributed by atoms with van der Waals surface area (Å²) in [6.45, 7) is 0. The van der Waals surface area contributed by atoms with Gasteiger partial charge in [0.15, 0.2) is 11.6 Å². The first-order valence-electron chi connectivity index (χ1n) is 11.6. The van der Waals surface area contributed by atoms with Gasteiger partial charge in [0, 0.05) is 48.8 Å². The molecule has 0 radical (unpaired) electrons. The Morgan fingerprint density at radius 3 is 2.43 bits per heavy atom. The Bertz CT molecular complexity index is 1470. The summed E-state index contributed by atoms with van der Waals surface area (Å²) >= 11 is 5.40. The maximum atomic E-state index is 15.0. The van der Waals surface area contributed by atoms with Crippen molar-refractivity contribution in [3.63, 3.8) is 0 Å². The van der Waals surface area contributed by atoms with Gasteiger partial charge in [-0.25, -0.2) is 4.39 Å². The van der Waals surface area contributed by atoms with E-state index < -0.39 is 5.82 Å². The van der Waals surface area contributed by atoms with Crippen LogP contribution in [0.3, 0.4) is 0 Å². The molecule has 0 unspecified atom stereocenters. The number of hydrogen-bond donors (Lipinski definition) is 1. The molecule has 0 fully saturated rings. The highest BCUT2D eigenvalue weighted by molar-refractivity contribution is 7.80. The van der Waals surface area contributed by atoms with Crippen molar-refractivity contribution in [2.75, 3.05) is 14.2 Å². The van der Waals surface area contributed by atoms with Crippen LogP contribution in [0.1, 0.15) is 27.9 Å². The van der Waals surface area contributed by atoms with E-state index in [0.29, 0.717) is 51.2 Å². The van der Waals surface area contributed by atoms with Gasteiger partial charge in [0.25, 0.3) is 5.91 Å². The minimum Gasteiger partial charge on any atom is -0.496 e. The van der Waals surface area contributed by atoms with Gasteiger partial charge in [-0.2, -0.15) is 0 Å². The van der Waals surface area contributed by atoms with Crippen molar-refractivity contribution >= 4 is 39.7 Å². The lowest BCUT2D eigenvalue weighted by Crippen LogP contribution is -2.18. The van der Waals surface area contributed by atoms with Gasteiger partial charge >= 0.3 is 0 Å². The van der Waals surface area contributed by atoms with Crippen LogP contribution in [-0.4, -0.2) is 35.7 Å². The zero-order valence-electron chi connectivity index (χ0n) is 20.4. The summed E-state index contributed by atoms with van der Waals surface area (Å²) in [5.74, 6) is -0.159. The number of amides is 1. The molecule has 188 valence electrons. The number of Topliss-reactive ketones (excluding diaryl/α,β-unsaturated/α-hetero) is 1. The average Bonchev–Trinajstić information content (AvgIpc) is 2.89. The zero-order valence-corrected chi connectivity index (χ0v) is 21.2. The summed E-state index contributed by atoms with van der Waals surface area (Å²) < 4.78 is 26.2. The van der Waals surface area contributed by atoms with Crippen LogP contribution >= 0.6 is 12.2 Å². The fourth-order valence-corrected chi connectivity index (χ4v) is 4.30. The highest BCUT2D eigenvalue weighted by atomic mass is 32.1. The third-order valence-corrected chi connectivity index (χ3v) is 6.04. The van der Waals surface area contributed by atoms with Crippen molar-refractivity contribution in [1.29, 1.82) is 0 Å². The second-order valence-corrected chi connectivity index (χ2v) is 9.00. The van der Waals surface area contributed by atoms with Crippen LogP contribution in [0.2, 0.25) is 0 Å². The van der Waals surface area contributed by atoms with E-state index in [4.69, 9.17) is 21.7 Å². The molecule has 3 aromatic carbocycles. The van der Waals surface area contributed by atoms with Crippen molar-refractivity contribution in [2.24, 2.45) is 0 Å². The Hall–Kier alpha value is -4.17. The van der Waals surface area contributed by atoms with Gasteiger partial charge in [-0.3, -0.25) is 14.6 Å². The number of fused-ring (bicyclic) bond motifs is 1. The Labute approximate surface area is 219 Å². The van der Waals surface area contributed by atoms with Crippen LogP contribution in [0.25, 0.3) is 10.9 Å². The summed E-state index contributed by atoms with van der Waals surface area (Å²) in [7, 11) is 2.99. The summed E-state index contributed by atoms with van der Waals surface area (Å²) in [5.41, 5.74) is 2.42. The van der Waals surface area contributed by atoms with Gasteiger partial charge in [-0.15, -0.1) is 0 Å². The Kier molecular flexibility index (Phi) is 8.20. The number of rotatable bonds is 10. The maximum Gasteiger partial charge on any atom is 0.254 e. The number of nitrogens with zero attached hydrogens (tertiary/aromatic N) is 1. The molecule has 37 heavy (non-hydrogen) atoms. The second kappa shape index (κ2) is 11.7. The summed E-state index contributed by atoms with van der Waals surface area (Å²) in [5, 5.41) is 3.10. The number of halogens is 1. The van der Waals surface area contributed by atoms with E-state index >= 15 is 0 Å². The van der Waals surface area contributed by atoms with E-state index in [-0.39, 0.29) is 23.9 Å². The first kappa shape index (κ1) is 25.9. The molecular formula is C29H25FN2O4S. The number of methoxy groups -OCH3 is 1. The van der Waals surface area contributed by atoms with Gasteiger partial charge < -0.3 is 14.8 Å². The molecule has 0 saturated heterocycles. The lowest BCUT2D eigenvalue weighted by atomic mass is 10.0. The van der Waals surface area contributed by atoms with E-state index in [1.165, 1.54) is 32.5 Å². The van der Waals surface area contributed by atoms with E-state index in [2.05, 4.69) is 10.3 Å². The molecule has 0 spiro atoms. The first-order chi connectivity index (χ1) is 17.9. The Morgan fingerprint density at radius 2 is 1.73 bits per heavy atom. The van der Waals surface area contributed by atoms with Crippen LogP contribution in [0.15, 0.2) is 72.9 Å². The average molecular weight is 517 g/mol. The highest BCUT2D eigenvalue weighted by Gasteiger charge is 2.17. The third-order valence-electron chi connectivity index (χ3n) is 5.75. The SMILES string of the molecule is CNC(=O)c1cc2c(Oc3ccc(CC(=S)CC(=O)Cc4ccccc4)cc3F)ccnc2cc1OC. The van der Waals surface area contributed by atoms with Gasteiger partial charge in [-0.1, -0.05) is 48.6 Å². The number of nitrogens with one attached hydrogen (secondary N) is 1. The number of carbonyl (C=O) groups excluding carboxylic acids is 2. The molecule has 0 aliphatic carbocycles. The highest BCUT2D eigenvalue weighted by Crippen LogP contribution is 2.34. The molecule has 4 rings (SSSR count).